The Morgan fingerprint density at radius 3 is 1.72 bits per heavy atom. The van der Waals surface area contributed by atoms with Gasteiger partial charge in [-0.3, -0.25) is 0 Å². The van der Waals surface area contributed by atoms with Gasteiger partial charge >= 0.3 is 0 Å². The number of benzene rings is 7. The average molecular weight is 624 g/mol. The summed E-state index contributed by atoms with van der Waals surface area (Å²) in [5.74, 6) is 0. The molecule has 9 rings (SSSR count). The highest BCUT2D eigenvalue weighted by molar-refractivity contribution is 7.30. The first-order chi connectivity index (χ1) is 22.7. The van der Waals surface area contributed by atoms with Crippen LogP contribution in [-0.2, 0) is 0 Å². The van der Waals surface area contributed by atoms with E-state index >= 15 is 0 Å². The first-order valence-corrected chi connectivity index (χ1v) is 17.2. The molecule has 218 valence electrons. The Balaban J connectivity index is 1.13. The van der Waals surface area contributed by atoms with Crippen molar-refractivity contribution in [3.8, 4) is 22.3 Å². The second kappa shape index (κ2) is 11.0. The van der Waals surface area contributed by atoms with Crippen LogP contribution in [0.2, 0.25) is 0 Å². The molecule has 2 heterocycles. The van der Waals surface area contributed by atoms with Gasteiger partial charge in [0.05, 0.1) is 0 Å². The fourth-order valence-electron chi connectivity index (χ4n) is 6.66. The van der Waals surface area contributed by atoms with Gasteiger partial charge in [0.1, 0.15) is 0 Å². The first kappa shape index (κ1) is 27.1. The molecular formula is C43H29NS2. The van der Waals surface area contributed by atoms with E-state index in [1.807, 2.05) is 22.7 Å². The van der Waals surface area contributed by atoms with Crippen molar-refractivity contribution in [2.75, 3.05) is 4.90 Å². The van der Waals surface area contributed by atoms with Crippen LogP contribution in [0.15, 0.2) is 158 Å². The third kappa shape index (κ3) is 4.51. The van der Waals surface area contributed by atoms with Crippen LogP contribution >= 0.6 is 22.7 Å². The Bertz CT molecular complexity index is 2500. The number of fused-ring (bicyclic) bond motifs is 7. The SMILES string of the molecule is Cc1ccc(-c2ccc(N(c3ccccc3)c3ccc(-c4cccc5c4sc4c5ccc5sc6ccccc6c54)cc3)cc2)cc1. The minimum atomic E-state index is 1.13. The topological polar surface area (TPSA) is 3.24 Å². The lowest BCUT2D eigenvalue weighted by Gasteiger charge is -2.26. The van der Waals surface area contributed by atoms with Gasteiger partial charge in [-0.15, -0.1) is 22.7 Å². The number of nitrogens with zero attached hydrogens (tertiary/aromatic N) is 1. The van der Waals surface area contributed by atoms with Crippen molar-refractivity contribution < 1.29 is 0 Å². The van der Waals surface area contributed by atoms with Crippen LogP contribution in [0, 0.1) is 6.92 Å². The predicted molar refractivity (Wildman–Crippen MR) is 203 cm³/mol. The smallest absolute Gasteiger partial charge is 0.0462 e. The summed E-state index contributed by atoms with van der Waals surface area (Å²) in [6.07, 6.45) is 0. The second-order valence-electron chi connectivity index (χ2n) is 11.8. The molecule has 0 saturated heterocycles. The number of rotatable bonds is 5. The first-order valence-electron chi connectivity index (χ1n) is 15.6. The molecule has 0 unspecified atom stereocenters. The number of para-hydroxylation sites is 1. The molecule has 0 bridgehead atoms. The monoisotopic (exact) mass is 623 g/mol. The van der Waals surface area contributed by atoms with Gasteiger partial charge in [0.25, 0.3) is 0 Å². The molecule has 0 N–H and O–H groups in total. The molecule has 1 nitrogen and oxygen atoms in total. The number of thiophene rings is 2. The summed E-state index contributed by atoms with van der Waals surface area (Å²) in [5, 5.41) is 5.43. The summed E-state index contributed by atoms with van der Waals surface area (Å²) in [6.45, 7) is 2.13. The highest BCUT2D eigenvalue weighted by Crippen LogP contribution is 2.47. The lowest BCUT2D eigenvalue weighted by molar-refractivity contribution is 1.28. The fraction of sp³-hybridized carbons (Fsp3) is 0.0233. The van der Waals surface area contributed by atoms with Crippen molar-refractivity contribution in [3.63, 3.8) is 0 Å². The van der Waals surface area contributed by atoms with E-state index in [0.717, 1.165) is 17.1 Å². The predicted octanol–water partition coefficient (Wildman–Crippen LogP) is 13.5. The van der Waals surface area contributed by atoms with Crippen molar-refractivity contribution in [1.82, 2.24) is 0 Å². The van der Waals surface area contributed by atoms with E-state index in [-0.39, 0.29) is 0 Å². The lowest BCUT2D eigenvalue weighted by Crippen LogP contribution is -2.09. The summed E-state index contributed by atoms with van der Waals surface area (Å²) < 4.78 is 5.45. The summed E-state index contributed by atoms with van der Waals surface area (Å²) in [4.78, 5) is 2.33. The fourth-order valence-corrected chi connectivity index (χ4v) is 9.23. The Morgan fingerprint density at radius 2 is 0.978 bits per heavy atom. The number of hydrogen-bond acceptors (Lipinski definition) is 3. The van der Waals surface area contributed by atoms with Crippen molar-refractivity contribution in [1.29, 1.82) is 0 Å². The summed E-state index contributed by atoms with van der Waals surface area (Å²) in [6, 6.07) is 57.5. The third-order valence-electron chi connectivity index (χ3n) is 8.97. The molecule has 0 aliphatic heterocycles. The number of hydrogen-bond donors (Lipinski definition) is 0. The minimum Gasteiger partial charge on any atom is -0.311 e. The van der Waals surface area contributed by atoms with Crippen molar-refractivity contribution in [2.24, 2.45) is 0 Å². The van der Waals surface area contributed by atoms with Gasteiger partial charge in [0, 0.05) is 57.4 Å². The van der Waals surface area contributed by atoms with E-state index in [1.54, 1.807) is 0 Å². The quantitative estimate of drug-likeness (QED) is 0.184. The standard InChI is InChI=1S/C43H29NS2/c1-28-14-16-29(17-15-28)30-18-22-33(23-19-30)44(32-8-3-2-4-9-32)34-24-20-31(21-25-34)35-11-7-12-36-37-26-27-40-41(43(37)46-42(35)36)38-10-5-6-13-39(38)45-40/h2-27H,1H3. The molecule has 0 aliphatic carbocycles. The molecule has 0 atom stereocenters. The van der Waals surface area contributed by atoms with E-state index in [4.69, 9.17) is 0 Å². The van der Waals surface area contributed by atoms with Gasteiger partial charge in [-0.05, 0) is 77.7 Å². The van der Waals surface area contributed by atoms with Crippen molar-refractivity contribution in [2.45, 2.75) is 6.92 Å². The van der Waals surface area contributed by atoms with E-state index in [0.29, 0.717) is 0 Å². The Labute approximate surface area is 276 Å². The molecule has 9 aromatic rings. The van der Waals surface area contributed by atoms with Gasteiger partial charge < -0.3 is 4.90 Å². The molecule has 0 fully saturated rings. The summed E-state index contributed by atoms with van der Waals surface area (Å²) in [5.41, 5.74) is 9.64. The zero-order valence-electron chi connectivity index (χ0n) is 25.3. The van der Waals surface area contributed by atoms with Crippen LogP contribution in [0.4, 0.5) is 17.1 Å². The maximum Gasteiger partial charge on any atom is 0.0462 e. The van der Waals surface area contributed by atoms with Crippen LogP contribution < -0.4 is 4.90 Å². The molecular weight excluding hydrogens is 595 g/mol. The van der Waals surface area contributed by atoms with Gasteiger partial charge in [0.2, 0.25) is 0 Å². The van der Waals surface area contributed by atoms with Crippen LogP contribution in [-0.4, -0.2) is 0 Å². The van der Waals surface area contributed by atoms with Gasteiger partial charge in [-0.2, -0.15) is 0 Å². The van der Waals surface area contributed by atoms with Crippen LogP contribution in [0.25, 0.3) is 62.6 Å². The Morgan fingerprint density at radius 1 is 0.391 bits per heavy atom. The molecule has 2 aromatic heterocycles. The van der Waals surface area contributed by atoms with Gasteiger partial charge in [0.15, 0.2) is 0 Å². The normalized spacial score (nSPS) is 11.6. The minimum absolute atomic E-state index is 1.13. The van der Waals surface area contributed by atoms with Crippen LogP contribution in [0.1, 0.15) is 5.56 Å². The molecule has 7 aromatic carbocycles. The van der Waals surface area contributed by atoms with Gasteiger partial charge in [-0.25, -0.2) is 0 Å². The molecule has 0 amide bonds. The molecule has 0 radical (unpaired) electrons. The Hall–Kier alpha value is -5.22. The zero-order valence-corrected chi connectivity index (χ0v) is 26.9. The number of anilines is 3. The molecule has 0 aliphatic rings. The molecule has 3 heteroatoms. The molecule has 0 spiro atoms. The highest BCUT2D eigenvalue weighted by Gasteiger charge is 2.17. The largest absolute Gasteiger partial charge is 0.311 e. The summed E-state index contributed by atoms with van der Waals surface area (Å²) >= 11 is 3.82. The average Bonchev–Trinajstić information content (AvgIpc) is 3.68. The van der Waals surface area contributed by atoms with E-state index in [2.05, 4.69) is 170 Å². The maximum atomic E-state index is 2.33. The second-order valence-corrected chi connectivity index (χ2v) is 13.9. The maximum absolute atomic E-state index is 2.33. The zero-order chi connectivity index (χ0) is 30.6. The number of aryl methyl sites for hydroxylation is 1. The Kier molecular flexibility index (Phi) is 6.48. The van der Waals surface area contributed by atoms with Gasteiger partial charge in [-0.1, -0.05) is 115 Å². The van der Waals surface area contributed by atoms with Crippen LogP contribution in [0.3, 0.4) is 0 Å². The summed E-state index contributed by atoms with van der Waals surface area (Å²) in [7, 11) is 0. The molecule has 46 heavy (non-hydrogen) atoms. The van der Waals surface area contributed by atoms with E-state index in [1.165, 1.54) is 68.2 Å². The van der Waals surface area contributed by atoms with E-state index < -0.39 is 0 Å². The third-order valence-corrected chi connectivity index (χ3v) is 11.4. The molecule has 0 saturated carbocycles. The van der Waals surface area contributed by atoms with E-state index in [9.17, 15) is 0 Å². The van der Waals surface area contributed by atoms with Crippen molar-refractivity contribution in [3.05, 3.63) is 163 Å². The van der Waals surface area contributed by atoms with Crippen LogP contribution in [0.5, 0.6) is 0 Å². The lowest BCUT2D eigenvalue weighted by atomic mass is 10.0. The van der Waals surface area contributed by atoms with Crippen molar-refractivity contribution >= 4 is 80.1 Å². The highest BCUT2D eigenvalue weighted by atomic mass is 32.1.